The summed E-state index contributed by atoms with van der Waals surface area (Å²) in [6, 6.07) is 9.84. The van der Waals surface area contributed by atoms with Crippen molar-refractivity contribution in [2.45, 2.75) is 33.0 Å². The van der Waals surface area contributed by atoms with E-state index in [0.29, 0.717) is 31.1 Å². The number of nitrogens with one attached hydrogen (secondary N) is 1. The van der Waals surface area contributed by atoms with Crippen LogP contribution in [-0.2, 0) is 16.1 Å². The quantitative estimate of drug-likeness (QED) is 0.806. The zero-order valence-electron chi connectivity index (χ0n) is 14.3. The van der Waals surface area contributed by atoms with Gasteiger partial charge in [0.15, 0.2) is 0 Å². The summed E-state index contributed by atoms with van der Waals surface area (Å²) in [7, 11) is 1.55. The first kappa shape index (κ1) is 17.9. The molecule has 2 aromatic rings. The van der Waals surface area contributed by atoms with Gasteiger partial charge in [-0.1, -0.05) is 37.3 Å². The van der Waals surface area contributed by atoms with Crippen molar-refractivity contribution in [1.82, 2.24) is 15.3 Å². The number of aromatic nitrogens is 2. The number of hydrogen-bond donors (Lipinski definition) is 1. The third kappa shape index (κ3) is 5.03. The van der Waals surface area contributed by atoms with E-state index in [1.165, 1.54) is 0 Å². The Morgan fingerprint density at radius 2 is 2.04 bits per heavy atom. The molecule has 0 bridgehead atoms. The molecule has 1 N–H and O–H groups in total. The lowest BCUT2D eigenvalue weighted by atomic mass is 10.2. The van der Waals surface area contributed by atoms with Gasteiger partial charge in [-0.3, -0.25) is 9.78 Å². The monoisotopic (exact) mass is 329 g/mol. The van der Waals surface area contributed by atoms with Gasteiger partial charge in [-0.25, -0.2) is 4.98 Å². The molecule has 24 heavy (non-hydrogen) atoms. The third-order valence-corrected chi connectivity index (χ3v) is 3.49. The Bertz CT molecular complexity index is 662. The van der Waals surface area contributed by atoms with E-state index >= 15 is 0 Å². The van der Waals surface area contributed by atoms with Crippen LogP contribution in [0.25, 0.3) is 0 Å². The van der Waals surface area contributed by atoms with Crippen molar-refractivity contribution >= 4 is 5.91 Å². The molecule has 1 unspecified atom stereocenters. The molecule has 1 aromatic carbocycles. The minimum Gasteiger partial charge on any atom is -0.480 e. The van der Waals surface area contributed by atoms with Crippen LogP contribution < -0.4 is 10.1 Å². The van der Waals surface area contributed by atoms with Gasteiger partial charge < -0.3 is 14.8 Å². The van der Waals surface area contributed by atoms with Crippen LogP contribution in [0.4, 0.5) is 0 Å². The molecule has 0 aliphatic rings. The summed E-state index contributed by atoms with van der Waals surface area (Å²) in [6.07, 6.45) is 1.64. The second-order valence-corrected chi connectivity index (χ2v) is 5.35. The standard InChI is InChI=1S/C18H23N3O3/c1-4-16(22)19-11-15(24-12-14-8-6-5-7-9-14)17-18(23-3)21-13(2)10-20-17/h5-10,15H,4,11-12H2,1-3H3,(H,19,22). The summed E-state index contributed by atoms with van der Waals surface area (Å²) in [6.45, 7) is 4.37. The van der Waals surface area contributed by atoms with E-state index in [0.717, 1.165) is 11.3 Å². The number of ether oxygens (including phenoxy) is 2. The number of rotatable bonds is 8. The molecule has 0 fully saturated rings. The van der Waals surface area contributed by atoms with Gasteiger partial charge >= 0.3 is 0 Å². The van der Waals surface area contributed by atoms with E-state index in [4.69, 9.17) is 9.47 Å². The molecule has 1 amide bonds. The molecule has 0 aliphatic heterocycles. The Morgan fingerprint density at radius 3 is 2.71 bits per heavy atom. The van der Waals surface area contributed by atoms with Crippen molar-refractivity contribution < 1.29 is 14.3 Å². The summed E-state index contributed by atoms with van der Waals surface area (Å²) >= 11 is 0. The van der Waals surface area contributed by atoms with E-state index in [1.54, 1.807) is 20.2 Å². The molecular weight excluding hydrogens is 306 g/mol. The van der Waals surface area contributed by atoms with E-state index in [9.17, 15) is 4.79 Å². The molecule has 0 aliphatic carbocycles. The first-order valence-electron chi connectivity index (χ1n) is 7.93. The van der Waals surface area contributed by atoms with Crippen LogP contribution in [0.3, 0.4) is 0 Å². The molecule has 2 rings (SSSR count). The summed E-state index contributed by atoms with van der Waals surface area (Å²) in [5.74, 6) is 0.376. The fourth-order valence-corrected chi connectivity index (χ4v) is 2.17. The molecule has 6 heteroatoms. The molecule has 0 radical (unpaired) electrons. The number of methoxy groups -OCH3 is 1. The van der Waals surface area contributed by atoms with Gasteiger partial charge in [0.1, 0.15) is 11.8 Å². The van der Waals surface area contributed by atoms with Crippen LogP contribution >= 0.6 is 0 Å². The van der Waals surface area contributed by atoms with Gasteiger partial charge in [0, 0.05) is 19.2 Å². The van der Waals surface area contributed by atoms with Gasteiger partial charge in [0.25, 0.3) is 0 Å². The summed E-state index contributed by atoms with van der Waals surface area (Å²) in [5, 5.41) is 2.85. The first-order valence-corrected chi connectivity index (χ1v) is 7.93. The lowest BCUT2D eigenvalue weighted by molar-refractivity contribution is -0.121. The molecule has 128 valence electrons. The Hall–Kier alpha value is -2.47. The van der Waals surface area contributed by atoms with Crippen LogP contribution in [0, 0.1) is 6.92 Å². The molecule has 0 saturated heterocycles. The van der Waals surface area contributed by atoms with Crippen LogP contribution in [0.15, 0.2) is 36.5 Å². The number of carbonyl (C=O) groups excluding carboxylic acids is 1. The Labute approximate surface area is 142 Å². The van der Waals surface area contributed by atoms with Crippen molar-refractivity contribution in [3.05, 3.63) is 53.5 Å². The highest BCUT2D eigenvalue weighted by atomic mass is 16.5. The van der Waals surface area contributed by atoms with E-state index < -0.39 is 6.10 Å². The van der Waals surface area contributed by atoms with Gasteiger partial charge in [-0.05, 0) is 12.5 Å². The van der Waals surface area contributed by atoms with E-state index in [2.05, 4.69) is 15.3 Å². The molecule has 1 aromatic heterocycles. The Balaban J connectivity index is 2.17. The van der Waals surface area contributed by atoms with Crippen molar-refractivity contribution in [3.63, 3.8) is 0 Å². The van der Waals surface area contributed by atoms with E-state index in [-0.39, 0.29) is 5.91 Å². The maximum atomic E-state index is 11.6. The van der Waals surface area contributed by atoms with Crippen molar-refractivity contribution in [2.24, 2.45) is 0 Å². The van der Waals surface area contributed by atoms with Gasteiger partial charge in [0.05, 0.1) is 19.4 Å². The zero-order valence-corrected chi connectivity index (χ0v) is 14.3. The smallest absolute Gasteiger partial charge is 0.238 e. The third-order valence-electron chi connectivity index (χ3n) is 3.49. The van der Waals surface area contributed by atoms with Crippen LogP contribution in [0.5, 0.6) is 5.88 Å². The van der Waals surface area contributed by atoms with Crippen molar-refractivity contribution in [2.75, 3.05) is 13.7 Å². The molecule has 6 nitrogen and oxygen atoms in total. The van der Waals surface area contributed by atoms with E-state index in [1.807, 2.05) is 37.3 Å². The zero-order chi connectivity index (χ0) is 17.4. The molecule has 1 heterocycles. The Morgan fingerprint density at radius 1 is 1.29 bits per heavy atom. The maximum absolute atomic E-state index is 11.6. The number of carbonyl (C=O) groups is 1. The summed E-state index contributed by atoms with van der Waals surface area (Å²) < 4.78 is 11.3. The number of aryl methyl sites for hydroxylation is 1. The lowest BCUT2D eigenvalue weighted by Crippen LogP contribution is -2.29. The number of amides is 1. The van der Waals surface area contributed by atoms with Crippen LogP contribution in [0.1, 0.15) is 36.4 Å². The normalized spacial score (nSPS) is 11.8. The topological polar surface area (TPSA) is 73.3 Å². The van der Waals surface area contributed by atoms with Crippen molar-refractivity contribution in [3.8, 4) is 5.88 Å². The van der Waals surface area contributed by atoms with Crippen LogP contribution in [0.2, 0.25) is 0 Å². The molecule has 1 atom stereocenters. The fraction of sp³-hybridized carbons (Fsp3) is 0.389. The lowest BCUT2D eigenvalue weighted by Gasteiger charge is -2.20. The average Bonchev–Trinajstić information content (AvgIpc) is 2.62. The van der Waals surface area contributed by atoms with Gasteiger partial charge in [0.2, 0.25) is 11.8 Å². The fourth-order valence-electron chi connectivity index (χ4n) is 2.17. The number of nitrogens with zero attached hydrogens (tertiary/aromatic N) is 2. The molecule has 0 spiro atoms. The highest BCUT2D eigenvalue weighted by Crippen LogP contribution is 2.24. The summed E-state index contributed by atoms with van der Waals surface area (Å²) in [5.41, 5.74) is 2.38. The highest BCUT2D eigenvalue weighted by Gasteiger charge is 2.21. The predicted octanol–water partition coefficient (Wildman–Crippen LogP) is 2.58. The maximum Gasteiger partial charge on any atom is 0.238 e. The molecular formula is C18H23N3O3. The minimum absolute atomic E-state index is 0.0395. The largest absolute Gasteiger partial charge is 0.480 e. The predicted molar refractivity (Wildman–Crippen MR) is 90.6 cm³/mol. The van der Waals surface area contributed by atoms with Gasteiger partial charge in [-0.2, -0.15) is 0 Å². The summed E-state index contributed by atoms with van der Waals surface area (Å²) in [4.78, 5) is 20.3. The van der Waals surface area contributed by atoms with Crippen molar-refractivity contribution in [1.29, 1.82) is 0 Å². The highest BCUT2D eigenvalue weighted by molar-refractivity contribution is 5.75. The minimum atomic E-state index is -0.441. The average molecular weight is 329 g/mol. The molecule has 0 saturated carbocycles. The first-order chi connectivity index (χ1) is 11.6. The van der Waals surface area contributed by atoms with Crippen LogP contribution in [-0.4, -0.2) is 29.5 Å². The second kappa shape index (κ2) is 8.98. The number of benzene rings is 1. The van der Waals surface area contributed by atoms with Gasteiger partial charge in [-0.15, -0.1) is 0 Å². The Kier molecular flexibility index (Phi) is 6.69. The second-order valence-electron chi connectivity index (χ2n) is 5.35. The number of hydrogen-bond acceptors (Lipinski definition) is 5. The SMILES string of the molecule is CCC(=O)NCC(OCc1ccccc1)c1ncc(C)nc1OC.